The third-order valence-corrected chi connectivity index (χ3v) is 5.04. The van der Waals surface area contributed by atoms with Crippen LogP contribution in [0.2, 0.25) is 20.4 Å². The molecule has 108 valence electrons. The van der Waals surface area contributed by atoms with E-state index in [1.807, 2.05) is 6.07 Å². The number of allylic oxidation sites excluding steroid dienone is 1. The highest BCUT2D eigenvalue weighted by molar-refractivity contribution is 8.02. The van der Waals surface area contributed by atoms with Crippen LogP contribution in [0.3, 0.4) is 0 Å². The zero-order chi connectivity index (χ0) is 15.4. The summed E-state index contributed by atoms with van der Waals surface area (Å²) in [6.07, 6.45) is 1.43. The van der Waals surface area contributed by atoms with Gasteiger partial charge in [-0.25, -0.2) is 4.98 Å². The number of ketones is 1. The molecule has 0 saturated carbocycles. The number of halogens is 4. The molecule has 1 heterocycles. The fourth-order valence-corrected chi connectivity index (χ4v) is 3.26. The van der Waals surface area contributed by atoms with Gasteiger partial charge in [-0.05, 0) is 11.5 Å². The Morgan fingerprint density at radius 1 is 1.00 bits per heavy atom. The zero-order valence-corrected chi connectivity index (χ0v) is 14.2. The molecule has 0 atom stereocenters. The molecule has 0 spiro atoms. The summed E-state index contributed by atoms with van der Waals surface area (Å²) < 4.78 is 0. The lowest BCUT2D eigenvalue weighted by molar-refractivity contribution is 0.104. The molecule has 0 N–H and O–H groups in total. The van der Waals surface area contributed by atoms with Crippen molar-refractivity contribution in [2.45, 2.75) is 4.90 Å². The molecule has 0 fully saturated rings. The number of nitrogens with zero attached hydrogens (tertiary/aromatic N) is 1. The summed E-state index contributed by atoms with van der Waals surface area (Å²) >= 11 is 24.9. The van der Waals surface area contributed by atoms with Crippen molar-refractivity contribution in [2.24, 2.45) is 0 Å². The lowest BCUT2D eigenvalue weighted by Gasteiger charge is -2.06. The van der Waals surface area contributed by atoms with Gasteiger partial charge in [0.2, 0.25) is 0 Å². The lowest BCUT2D eigenvalue weighted by atomic mass is 10.1. The van der Waals surface area contributed by atoms with E-state index < -0.39 is 0 Å². The first-order valence-electron chi connectivity index (χ1n) is 5.63. The SMILES string of the molecule is O=C(/C=C/Sc1c(Cl)c(Cl)nc(Cl)c1Cl)c1ccccc1. The highest BCUT2D eigenvalue weighted by atomic mass is 35.5. The number of carbonyl (C=O) groups excluding carboxylic acids is 1. The minimum Gasteiger partial charge on any atom is -0.289 e. The van der Waals surface area contributed by atoms with Gasteiger partial charge >= 0.3 is 0 Å². The maximum atomic E-state index is 11.9. The smallest absolute Gasteiger partial charge is 0.186 e. The summed E-state index contributed by atoms with van der Waals surface area (Å²) in [7, 11) is 0. The van der Waals surface area contributed by atoms with E-state index in [4.69, 9.17) is 46.4 Å². The van der Waals surface area contributed by atoms with Gasteiger partial charge in [-0.2, -0.15) is 0 Å². The van der Waals surface area contributed by atoms with E-state index in [9.17, 15) is 4.79 Å². The molecule has 2 nitrogen and oxygen atoms in total. The van der Waals surface area contributed by atoms with Gasteiger partial charge in [0.05, 0.1) is 14.9 Å². The van der Waals surface area contributed by atoms with Gasteiger partial charge in [0, 0.05) is 5.56 Å². The Balaban J connectivity index is 2.17. The molecule has 0 aliphatic rings. The minimum absolute atomic E-state index is 0.0661. The Morgan fingerprint density at radius 3 is 2.14 bits per heavy atom. The Morgan fingerprint density at radius 2 is 1.57 bits per heavy atom. The van der Waals surface area contributed by atoms with Crippen LogP contribution in [-0.4, -0.2) is 10.8 Å². The zero-order valence-electron chi connectivity index (χ0n) is 10.3. The molecule has 21 heavy (non-hydrogen) atoms. The van der Waals surface area contributed by atoms with Crippen molar-refractivity contribution in [2.75, 3.05) is 0 Å². The normalized spacial score (nSPS) is 11.0. The molecule has 0 bridgehead atoms. The van der Waals surface area contributed by atoms with Crippen molar-refractivity contribution < 1.29 is 4.79 Å². The quantitative estimate of drug-likeness (QED) is 0.275. The average Bonchev–Trinajstić information content (AvgIpc) is 2.49. The molecule has 0 amide bonds. The number of rotatable bonds is 4. The molecular formula is C14H7Cl4NOS. The number of benzene rings is 1. The van der Waals surface area contributed by atoms with E-state index in [0.29, 0.717) is 10.5 Å². The number of pyridine rings is 1. The molecule has 1 aromatic heterocycles. The maximum absolute atomic E-state index is 11.9. The summed E-state index contributed by atoms with van der Waals surface area (Å²) in [4.78, 5) is 16.2. The van der Waals surface area contributed by atoms with Gasteiger partial charge in [0.1, 0.15) is 0 Å². The Hall–Kier alpha value is -0.710. The summed E-state index contributed by atoms with van der Waals surface area (Å²) in [6, 6.07) is 8.90. The van der Waals surface area contributed by atoms with Crippen LogP contribution in [0.5, 0.6) is 0 Å². The van der Waals surface area contributed by atoms with Gasteiger partial charge in [0.25, 0.3) is 0 Å². The van der Waals surface area contributed by atoms with Crippen molar-refractivity contribution in [3.8, 4) is 0 Å². The first-order chi connectivity index (χ1) is 10.0. The highest BCUT2D eigenvalue weighted by Gasteiger charge is 2.15. The van der Waals surface area contributed by atoms with E-state index in [2.05, 4.69) is 4.98 Å². The monoisotopic (exact) mass is 377 g/mol. The molecule has 1 aromatic carbocycles. The van der Waals surface area contributed by atoms with Crippen molar-refractivity contribution in [1.29, 1.82) is 0 Å². The summed E-state index contributed by atoms with van der Waals surface area (Å²) in [5.74, 6) is -0.124. The molecule has 0 radical (unpaired) electrons. The van der Waals surface area contributed by atoms with Gasteiger partial charge in [-0.1, -0.05) is 88.5 Å². The molecule has 0 aliphatic heterocycles. The number of hydrogen-bond donors (Lipinski definition) is 0. The largest absolute Gasteiger partial charge is 0.289 e. The standard InChI is InChI=1S/C14H7Cl4NOS/c15-10-12(11(16)14(18)19-13(10)17)21-7-6-9(20)8-4-2-1-3-5-8/h1-7H/b7-6+. The molecule has 2 rings (SSSR count). The van der Waals surface area contributed by atoms with Crippen LogP contribution in [0.25, 0.3) is 0 Å². The summed E-state index contributed by atoms with van der Waals surface area (Å²) in [5, 5.41) is 2.11. The third kappa shape index (κ3) is 4.15. The van der Waals surface area contributed by atoms with Crippen LogP contribution in [0, 0.1) is 0 Å². The van der Waals surface area contributed by atoms with E-state index in [1.54, 1.807) is 29.7 Å². The second kappa shape index (κ2) is 7.52. The highest BCUT2D eigenvalue weighted by Crippen LogP contribution is 2.41. The first-order valence-corrected chi connectivity index (χ1v) is 8.02. The van der Waals surface area contributed by atoms with Crippen LogP contribution >= 0.6 is 58.2 Å². The van der Waals surface area contributed by atoms with Crippen LogP contribution in [0.15, 0.2) is 46.7 Å². The Labute approximate surface area is 146 Å². The average molecular weight is 379 g/mol. The second-order valence-electron chi connectivity index (χ2n) is 3.80. The number of carbonyl (C=O) groups is 1. The Bertz CT molecular complexity index is 678. The summed E-state index contributed by atoms with van der Waals surface area (Å²) in [5.41, 5.74) is 0.595. The maximum Gasteiger partial charge on any atom is 0.186 e. The van der Waals surface area contributed by atoms with Crippen LogP contribution < -0.4 is 0 Å². The molecule has 0 aliphatic carbocycles. The first kappa shape index (κ1) is 16.7. The van der Waals surface area contributed by atoms with Gasteiger partial charge in [0.15, 0.2) is 16.1 Å². The third-order valence-electron chi connectivity index (χ3n) is 2.42. The van der Waals surface area contributed by atoms with E-state index in [-0.39, 0.29) is 26.1 Å². The van der Waals surface area contributed by atoms with Gasteiger partial charge in [-0.3, -0.25) is 4.79 Å². The van der Waals surface area contributed by atoms with E-state index >= 15 is 0 Å². The number of hydrogen-bond acceptors (Lipinski definition) is 3. The topological polar surface area (TPSA) is 30.0 Å². The predicted octanol–water partition coefficient (Wildman–Crippen LogP) is 6.18. The fourth-order valence-electron chi connectivity index (χ4n) is 1.43. The molecule has 0 unspecified atom stereocenters. The van der Waals surface area contributed by atoms with Crippen LogP contribution in [-0.2, 0) is 0 Å². The van der Waals surface area contributed by atoms with Crippen LogP contribution in [0.1, 0.15) is 10.4 Å². The lowest BCUT2D eigenvalue weighted by Crippen LogP contribution is -1.92. The van der Waals surface area contributed by atoms with Crippen molar-refractivity contribution in [3.63, 3.8) is 0 Å². The fraction of sp³-hybridized carbons (Fsp3) is 0. The summed E-state index contributed by atoms with van der Waals surface area (Å²) in [6.45, 7) is 0. The van der Waals surface area contributed by atoms with Crippen molar-refractivity contribution in [1.82, 2.24) is 4.98 Å². The van der Waals surface area contributed by atoms with E-state index in [0.717, 1.165) is 11.8 Å². The van der Waals surface area contributed by atoms with Crippen molar-refractivity contribution >= 4 is 63.9 Å². The van der Waals surface area contributed by atoms with Crippen LogP contribution in [0.4, 0.5) is 0 Å². The van der Waals surface area contributed by atoms with Gasteiger partial charge in [-0.15, -0.1) is 0 Å². The second-order valence-corrected chi connectivity index (χ2v) is 6.19. The number of aromatic nitrogens is 1. The number of thioether (sulfide) groups is 1. The van der Waals surface area contributed by atoms with Crippen molar-refractivity contribution in [3.05, 3.63) is 67.7 Å². The minimum atomic E-state index is -0.124. The molecule has 0 saturated heterocycles. The molecular weight excluding hydrogens is 372 g/mol. The van der Waals surface area contributed by atoms with E-state index in [1.165, 1.54) is 6.08 Å². The Kier molecular flexibility index (Phi) is 5.97. The van der Waals surface area contributed by atoms with Gasteiger partial charge < -0.3 is 0 Å². The predicted molar refractivity (Wildman–Crippen MR) is 90.0 cm³/mol. The molecule has 2 aromatic rings. The molecule has 7 heteroatoms.